The molecule has 0 saturated carbocycles. The minimum atomic E-state index is -0.340. The van der Waals surface area contributed by atoms with Gasteiger partial charge in [0, 0.05) is 5.92 Å². The summed E-state index contributed by atoms with van der Waals surface area (Å²) in [6.45, 7) is 4.68. The predicted octanol–water partition coefficient (Wildman–Crippen LogP) is 1.12. The number of carbonyl (C=O) groups is 1. The zero-order chi connectivity index (χ0) is 9.27. The molecule has 0 radical (unpaired) electrons. The summed E-state index contributed by atoms with van der Waals surface area (Å²) in [5.41, 5.74) is -0.432. The molecule has 0 unspecified atom stereocenters. The van der Waals surface area contributed by atoms with Crippen molar-refractivity contribution in [3.05, 3.63) is 0 Å². The molecule has 0 aromatic rings. The van der Waals surface area contributed by atoms with Gasteiger partial charge in [0.2, 0.25) is 0 Å². The molecule has 3 aliphatic rings. The molecule has 0 amide bonds. The van der Waals surface area contributed by atoms with Crippen molar-refractivity contribution in [3.63, 3.8) is 0 Å². The van der Waals surface area contributed by atoms with Gasteiger partial charge in [-0.15, -0.1) is 0 Å². The van der Waals surface area contributed by atoms with Gasteiger partial charge in [0.15, 0.2) is 0 Å². The molecule has 4 atom stereocenters. The first kappa shape index (κ1) is 7.80. The Morgan fingerprint density at radius 1 is 1.46 bits per heavy atom. The van der Waals surface area contributed by atoms with Crippen molar-refractivity contribution in [1.82, 2.24) is 0 Å². The zero-order valence-corrected chi connectivity index (χ0v) is 8.00. The van der Waals surface area contributed by atoms with Crippen LogP contribution in [0.5, 0.6) is 0 Å². The van der Waals surface area contributed by atoms with Gasteiger partial charge in [0.25, 0.3) is 0 Å². The van der Waals surface area contributed by atoms with E-state index >= 15 is 0 Å². The van der Waals surface area contributed by atoms with Crippen LogP contribution in [0, 0.1) is 11.3 Å². The molecule has 3 fully saturated rings. The van der Waals surface area contributed by atoms with Gasteiger partial charge in [-0.05, 0) is 26.7 Å². The molecule has 3 rings (SSSR count). The normalized spacial score (nSPS) is 58.2. The summed E-state index contributed by atoms with van der Waals surface area (Å²) in [6.07, 6.45) is 2.20. The van der Waals surface area contributed by atoms with Crippen LogP contribution in [0.3, 0.4) is 0 Å². The maximum Gasteiger partial charge on any atom is 0.314 e. The number of rotatable bonds is 0. The van der Waals surface area contributed by atoms with E-state index < -0.39 is 0 Å². The summed E-state index contributed by atoms with van der Waals surface area (Å²) >= 11 is 0. The highest BCUT2D eigenvalue weighted by molar-refractivity contribution is 5.80. The Balaban J connectivity index is 2.10. The highest BCUT2D eigenvalue weighted by atomic mass is 16.6. The number of hydrogen-bond donors (Lipinski definition) is 0. The topological polar surface area (TPSA) is 35.5 Å². The minimum Gasteiger partial charge on any atom is -0.465 e. The fourth-order valence-electron chi connectivity index (χ4n) is 3.34. The van der Waals surface area contributed by atoms with Crippen LogP contribution in [-0.4, -0.2) is 24.3 Å². The van der Waals surface area contributed by atoms with E-state index in [-0.39, 0.29) is 29.0 Å². The number of esters is 1. The Bertz CT molecular complexity index is 288. The first-order valence-corrected chi connectivity index (χ1v) is 4.92. The lowest BCUT2D eigenvalue weighted by Gasteiger charge is -2.31. The molecule has 0 aliphatic carbocycles. The molecule has 3 aliphatic heterocycles. The summed E-state index contributed by atoms with van der Waals surface area (Å²) < 4.78 is 11.0. The van der Waals surface area contributed by atoms with Crippen molar-refractivity contribution in [2.75, 3.05) is 6.61 Å². The van der Waals surface area contributed by atoms with Crippen LogP contribution < -0.4 is 0 Å². The third-order valence-electron chi connectivity index (χ3n) is 4.27. The molecule has 13 heavy (non-hydrogen) atoms. The second-order valence-corrected chi connectivity index (χ2v) is 4.89. The van der Waals surface area contributed by atoms with Crippen LogP contribution in [0.25, 0.3) is 0 Å². The average molecular weight is 182 g/mol. The highest BCUT2D eigenvalue weighted by Gasteiger charge is 2.70. The quantitative estimate of drug-likeness (QED) is 0.526. The van der Waals surface area contributed by atoms with Crippen LogP contribution >= 0.6 is 0 Å². The van der Waals surface area contributed by atoms with Gasteiger partial charge < -0.3 is 9.47 Å². The van der Waals surface area contributed by atoms with Crippen molar-refractivity contribution in [2.24, 2.45) is 11.3 Å². The fourth-order valence-corrected chi connectivity index (χ4v) is 3.34. The SMILES string of the molecule is C[C@@]12C(=O)OC[C@@H]1[C@@]1(C)CC[C@H]2O1. The van der Waals surface area contributed by atoms with E-state index in [4.69, 9.17) is 9.47 Å². The maximum absolute atomic E-state index is 11.6. The van der Waals surface area contributed by atoms with Crippen LogP contribution in [0.4, 0.5) is 0 Å². The van der Waals surface area contributed by atoms with Gasteiger partial charge in [-0.2, -0.15) is 0 Å². The lowest BCUT2D eigenvalue weighted by molar-refractivity contribution is -0.149. The zero-order valence-electron chi connectivity index (χ0n) is 8.00. The molecule has 3 nitrogen and oxygen atoms in total. The first-order valence-electron chi connectivity index (χ1n) is 4.92. The molecular weight excluding hydrogens is 168 g/mol. The Kier molecular flexibility index (Phi) is 1.15. The van der Waals surface area contributed by atoms with Gasteiger partial charge in [-0.1, -0.05) is 0 Å². The molecule has 0 aromatic carbocycles. The number of cyclic esters (lactones) is 1. The van der Waals surface area contributed by atoms with Gasteiger partial charge in [-0.3, -0.25) is 4.79 Å². The van der Waals surface area contributed by atoms with E-state index in [9.17, 15) is 4.79 Å². The van der Waals surface area contributed by atoms with Gasteiger partial charge in [0.05, 0.1) is 18.3 Å². The predicted molar refractivity (Wildman–Crippen MR) is 45.1 cm³/mol. The number of hydrogen-bond acceptors (Lipinski definition) is 3. The molecule has 0 aromatic heterocycles. The lowest BCUT2D eigenvalue weighted by Crippen LogP contribution is -2.43. The van der Waals surface area contributed by atoms with Crippen molar-refractivity contribution in [1.29, 1.82) is 0 Å². The van der Waals surface area contributed by atoms with Crippen molar-refractivity contribution in [2.45, 2.75) is 38.4 Å². The van der Waals surface area contributed by atoms with Crippen molar-refractivity contribution >= 4 is 5.97 Å². The minimum absolute atomic E-state index is 0.0501. The fraction of sp³-hybridized carbons (Fsp3) is 0.900. The summed E-state index contributed by atoms with van der Waals surface area (Å²) in [7, 11) is 0. The van der Waals surface area contributed by atoms with Crippen LogP contribution in [0.2, 0.25) is 0 Å². The third kappa shape index (κ3) is 0.654. The smallest absolute Gasteiger partial charge is 0.314 e. The number of ether oxygens (including phenoxy) is 2. The molecule has 3 heteroatoms. The first-order chi connectivity index (χ1) is 6.07. The van der Waals surface area contributed by atoms with E-state index in [0.29, 0.717) is 6.61 Å². The maximum atomic E-state index is 11.6. The number of fused-ring (bicyclic) bond motifs is 5. The molecule has 3 saturated heterocycles. The standard InChI is InChI=1S/C10H14O3/c1-9-4-3-7(13-9)10(2)6(9)5-12-8(10)11/h6-7H,3-5H2,1-2H3/t6-,7-,9-,10-/m1/s1. The Morgan fingerprint density at radius 2 is 2.23 bits per heavy atom. The van der Waals surface area contributed by atoms with E-state index in [0.717, 1.165) is 12.8 Å². The summed E-state index contributed by atoms with van der Waals surface area (Å²) in [5.74, 6) is 0.233. The van der Waals surface area contributed by atoms with E-state index in [1.807, 2.05) is 6.92 Å². The molecule has 0 spiro atoms. The largest absolute Gasteiger partial charge is 0.465 e. The molecule has 3 heterocycles. The van der Waals surface area contributed by atoms with Gasteiger partial charge in [0.1, 0.15) is 5.41 Å². The third-order valence-corrected chi connectivity index (χ3v) is 4.27. The Labute approximate surface area is 77.4 Å². The summed E-state index contributed by atoms with van der Waals surface area (Å²) in [6, 6.07) is 0. The Morgan fingerprint density at radius 3 is 2.92 bits per heavy atom. The van der Waals surface area contributed by atoms with Crippen molar-refractivity contribution < 1.29 is 14.3 Å². The second kappa shape index (κ2) is 1.92. The van der Waals surface area contributed by atoms with Crippen LogP contribution in [0.1, 0.15) is 26.7 Å². The molecule has 0 N–H and O–H groups in total. The molecule has 2 bridgehead atoms. The second-order valence-electron chi connectivity index (χ2n) is 4.89. The summed E-state index contributed by atoms with van der Waals surface area (Å²) in [4.78, 5) is 11.6. The number of carbonyl (C=O) groups excluding carboxylic acids is 1. The highest BCUT2D eigenvalue weighted by Crippen LogP contribution is 2.60. The monoisotopic (exact) mass is 182 g/mol. The van der Waals surface area contributed by atoms with Gasteiger partial charge in [-0.25, -0.2) is 0 Å². The van der Waals surface area contributed by atoms with E-state index in [2.05, 4.69) is 6.92 Å². The molecule has 72 valence electrons. The lowest BCUT2D eigenvalue weighted by atomic mass is 9.65. The Hall–Kier alpha value is -0.570. The molecular formula is C10H14O3. The van der Waals surface area contributed by atoms with Gasteiger partial charge >= 0.3 is 5.97 Å². The van der Waals surface area contributed by atoms with Crippen molar-refractivity contribution in [3.8, 4) is 0 Å². The summed E-state index contributed by atoms with van der Waals surface area (Å²) in [5, 5.41) is 0. The van der Waals surface area contributed by atoms with E-state index in [1.54, 1.807) is 0 Å². The average Bonchev–Trinajstić information content (AvgIpc) is 2.63. The van der Waals surface area contributed by atoms with Crippen LogP contribution in [-0.2, 0) is 14.3 Å². The van der Waals surface area contributed by atoms with E-state index in [1.165, 1.54) is 0 Å². The van der Waals surface area contributed by atoms with Crippen LogP contribution in [0.15, 0.2) is 0 Å².